The third-order valence-corrected chi connectivity index (χ3v) is 6.05. The first kappa shape index (κ1) is 28.5. The molecule has 0 aliphatic carbocycles. The standard InChI is InChI=1S/C25H35ClN2O7/c1-4-17(3)35-25(33)23-19(24(26)21(31)14-20(23)30)13-18(10-8-9-16(2)29)27-34-15-22(32)28-11-6-5-7-12-28/h8,10,14,16-17,29-31H,4-7,9,11-13,15H2,1-3H3/b10-8+,27-18-/t16?,17-/m1/s1. The molecule has 0 spiro atoms. The monoisotopic (exact) mass is 510 g/mol. The first-order valence-corrected chi connectivity index (χ1v) is 12.3. The number of carbonyl (C=O) groups is 2. The number of hydrogen-bond acceptors (Lipinski definition) is 8. The zero-order chi connectivity index (χ0) is 26.0. The molecule has 0 saturated carbocycles. The number of piperidine rings is 1. The molecule has 1 saturated heterocycles. The van der Waals surface area contributed by atoms with Crippen molar-refractivity contribution in [3.05, 3.63) is 34.4 Å². The summed E-state index contributed by atoms with van der Waals surface area (Å²) in [4.78, 5) is 32.2. The van der Waals surface area contributed by atoms with Crippen LogP contribution in [0.25, 0.3) is 0 Å². The van der Waals surface area contributed by atoms with Gasteiger partial charge in [0.2, 0.25) is 0 Å². The van der Waals surface area contributed by atoms with Gasteiger partial charge in [-0.25, -0.2) is 4.79 Å². The van der Waals surface area contributed by atoms with Gasteiger partial charge in [-0.2, -0.15) is 0 Å². The van der Waals surface area contributed by atoms with Crippen LogP contribution in [0, 0.1) is 0 Å². The minimum atomic E-state index is -0.790. The smallest absolute Gasteiger partial charge is 0.342 e. The van der Waals surface area contributed by atoms with Gasteiger partial charge in [-0.1, -0.05) is 29.8 Å². The van der Waals surface area contributed by atoms with E-state index in [4.69, 9.17) is 21.2 Å². The minimum Gasteiger partial charge on any atom is -0.507 e. The molecule has 1 aliphatic rings. The van der Waals surface area contributed by atoms with Crippen molar-refractivity contribution in [3.63, 3.8) is 0 Å². The second-order valence-electron chi connectivity index (χ2n) is 8.67. The van der Waals surface area contributed by atoms with Crippen LogP contribution >= 0.6 is 11.6 Å². The van der Waals surface area contributed by atoms with Gasteiger partial charge >= 0.3 is 5.97 Å². The van der Waals surface area contributed by atoms with Crippen molar-refractivity contribution in [1.29, 1.82) is 0 Å². The lowest BCUT2D eigenvalue weighted by atomic mass is 9.99. The molecule has 1 amide bonds. The molecule has 0 bridgehead atoms. The van der Waals surface area contributed by atoms with E-state index in [9.17, 15) is 24.9 Å². The van der Waals surface area contributed by atoms with E-state index in [2.05, 4.69) is 5.16 Å². The molecular formula is C25H35ClN2O7. The third kappa shape index (κ3) is 8.74. The summed E-state index contributed by atoms with van der Waals surface area (Å²) in [7, 11) is 0. The Morgan fingerprint density at radius 1 is 1.20 bits per heavy atom. The number of hydrogen-bond donors (Lipinski definition) is 3. The maximum absolute atomic E-state index is 12.8. The quantitative estimate of drug-likeness (QED) is 0.233. The van der Waals surface area contributed by atoms with Crippen molar-refractivity contribution in [2.45, 2.75) is 71.5 Å². The Hall–Kier alpha value is -2.78. The SMILES string of the molecule is CC[C@@H](C)OC(=O)c1c(O)cc(O)c(Cl)c1CC(/C=C/CC(C)O)=N\OCC(=O)N1CCCCC1. The lowest BCUT2D eigenvalue weighted by Gasteiger charge is -2.26. The second-order valence-corrected chi connectivity index (χ2v) is 9.05. The number of aliphatic hydroxyl groups excluding tert-OH is 1. The predicted molar refractivity (Wildman–Crippen MR) is 133 cm³/mol. The summed E-state index contributed by atoms with van der Waals surface area (Å²) >= 11 is 6.31. The normalized spacial score (nSPS) is 16.3. The number of likely N-dealkylation sites (tertiary alicyclic amines) is 1. The molecule has 9 nitrogen and oxygen atoms in total. The molecule has 1 heterocycles. The largest absolute Gasteiger partial charge is 0.507 e. The van der Waals surface area contributed by atoms with E-state index in [1.54, 1.807) is 30.9 Å². The lowest BCUT2D eigenvalue weighted by molar-refractivity contribution is -0.137. The fourth-order valence-corrected chi connectivity index (χ4v) is 3.73. The summed E-state index contributed by atoms with van der Waals surface area (Å²) in [6.45, 7) is 6.32. The van der Waals surface area contributed by atoms with Crippen LogP contribution in [0.15, 0.2) is 23.4 Å². The number of halogens is 1. The van der Waals surface area contributed by atoms with E-state index in [0.717, 1.165) is 25.3 Å². The highest BCUT2D eigenvalue weighted by atomic mass is 35.5. The maximum atomic E-state index is 12.8. The van der Waals surface area contributed by atoms with Crippen LogP contribution in [-0.2, 0) is 20.8 Å². The molecule has 0 radical (unpaired) electrons. The Labute approximate surface area is 211 Å². The zero-order valence-corrected chi connectivity index (χ0v) is 21.3. The predicted octanol–water partition coefficient (Wildman–Crippen LogP) is 3.96. The molecule has 1 fully saturated rings. The number of rotatable bonds is 11. The summed E-state index contributed by atoms with van der Waals surface area (Å²) < 4.78 is 5.36. The van der Waals surface area contributed by atoms with Crippen molar-refractivity contribution >= 4 is 29.2 Å². The lowest BCUT2D eigenvalue weighted by Crippen LogP contribution is -2.37. The number of carbonyl (C=O) groups excluding carboxylic acids is 2. The summed E-state index contributed by atoms with van der Waals surface area (Å²) in [5.74, 6) is -1.86. The van der Waals surface area contributed by atoms with Gasteiger partial charge in [-0.3, -0.25) is 4.79 Å². The van der Waals surface area contributed by atoms with Gasteiger partial charge in [-0.05, 0) is 57.6 Å². The number of esters is 1. The van der Waals surface area contributed by atoms with Crippen LogP contribution < -0.4 is 0 Å². The highest BCUT2D eigenvalue weighted by Gasteiger charge is 2.25. The molecule has 1 unspecified atom stereocenters. The minimum absolute atomic E-state index is 0.101. The summed E-state index contributed by atoms with van der Waals surface area (Å²) in [6, 6.07) is 0.979. The first-order valence-electron chi connectivity index (χ1n) is 11.9. The third-order valence-electron chi connectivity index (χ3n) is 5.63. The fourth-order valence-electron chi connectivity index (χ4n) is 3.51. The van der Waals surface area contributed by atoms with E-state index in [1.165, 1.54) is 0 Å². The number of allylic oxidation sites excluding steroid dienone is 1. The average Bonchev–Trinajstić information content (AvgIpc) is 2.82. The van der Waals surface area contributed by atoms with Crippen LogP contribution in [0.1, 0.15) is 68.8 Å². The topological polar surface area (TPSA) is 129 Å². The van der Waals surface area contributed by atoms with Gasteiger partial charge in [0, 0.05) is 25.6 Å². The van der Waals surface area contributed by atoms with Gasteiger partial charge in [0.1, 0.15) is 17.1 Å². The molecule has 2 atom stereocenters. The number of phenolic OH excluding ortho intramolecular Hbond substituents is 2. The first-order chi connectivity index (χ1) is 16.6. The molecule has 10 heteroatoms. The number of ether oxygens (including phenoxy) is 1. The zero-order valence-electron chi connectivity index (χ0n) is 20.5. The van der Waals surface area contributed by atoms with Crippen molar-refractivity contribution in [2.75, 3.05) is 19.7 Å². The Morgan fingerprint density at radius 3 is 2.51 bits per heavy atom. The summed E-state index contributed by atoms with van der Waals surface area (Å²) in [6.07, 6.45) is 6.03. The van der Waals surface area contributed by atoms with Crippen molar-refractivity contribution < 1.29 is 34.5 Å². The molecule has 2 rings (SSSR count). The average molecular weight is 511 g/mol. The van der Waals surface area contributed by atoms with Gasteiger partial charge in [0.05, 0.1) is 22.9 Å². The number of phenols is 2. The van der Waals surface area contributed by atoms with Crippen molar-refractivity contribution in [3.8, 4) is 11.5 Å². The summed E-state index contributed by atoms with van der Waals surface area (Å²) in [5, 5.41) is 34.1. The molecule has 35 heavy (non-hydrogen) atoms. The van der Waals surface area contributed by atoms with Crippen LogP contribution in [0.3, 0.4) is 0 Å². The van der Waals surface area contributed by atoms with E-state index in [1.807, 2.05) is 6.92 Å². The molecule has 1 aliphatic heterocycles. The van der Waals surface area contributed by atoms with Crippen LogP contribution in [-0.4, -0.2) is 69.7 Å². The molecular weight excluding hydrogens is 476 g/mol. The molecule has 194 valence electrons. The molecule has 1 aromatic carbocycles. The fraction of sp³-hybridized carbons (Fsp3) is 0.560. The van der Waals surface area contributed by atoms with Crippen LogP contribution in [0.4, 0.5) is 0 Å². The number of oxime groups is 1. The summed E-state index contributed by atoms with van der Waals surface area (Å²) in [5.41, 5.74) is 0.180. The highest BCUT2D eigenvalue weighted by Crippen LogP contribution is 2.37. The van der Waals surface area contributed by atoms with Crippen LogP contribution in [0.2, 0.25) is 5.02 Å². The van der Waals surface area contributed by atoms with Gasteiger partial charge < -0.3 is 29.8 Å². The van der Waals surface area contributed by atoms with E-state index in [-0.39, 0.29) is 40.8 Å². The van der Waals surface area contributed by atoms with Crippen LogP contribution in [0.5, 0.6) is 11.5 Å². The number of amides is 1. The number of aliphatic hydroxyl groups is 1. The second kappa shape index (κ2) is 13.9. The number of aromatic hydroxyl groups is 2. The highest BCUT2D eigenvalue weighted by molar-refractivity contribution is 6.33. The Kier molecular flexibility index (Phi) is 11.3. The van der Waals surface area contributed by atoms with E-state index < -0.39 is 29.7 Å². The number of nitrogens with zero attached hydrogens (tertiary/aromatic N) is 2. The Balaban J connectivity index is 2.31. The molecule has 3 N–H and O–H groups in total. The number of benzene rings is 1. The maximum Gasteiger partial charge on any atom is 0.342 e. The van der Waals surface area contributed by atoms with Gasteiger partial charge in [0.15, 0.2) is 6.61 Å². The van der Waals surface area contributed by atoms with Gasteiger partial charge in [0.25, 0.3) is 5.91 Å². The van der Waals surface area contributed by atoms with Crippen molar-refractivity contribution in [1.82, 2.24) is 4.90 Å². The molecule has 1 aromatic rings. The molecule has 0 aromatic heterocycles. The van der Waals surface area contributed by atoms with E-state index >= 15 is 0 Å². The van der Waals surface area contributed by atoms with Gasteiger partial charge in [-0.15, -0.1) is 0 Å². The van der Waals surface area contributed by atoms with E-state index in [0.29, 0.717) is 25.9 Å². The Bertz CT molecular complexity index is 940. The van der Waals surface area contributed by atoms with Crippen molar-refractivity contribution in [2.24, 2.45) is 5.16 Å². The Morgan fingerprint density at radius 2 is 1.89 bits per heavy atom.